The van der Waals surface area contributed by atoms with Crippen molar-refractivity contribution in [3.05, 3.63) is 23.3 Å². The molecule has 1 aromatic carbocycles. The molecule has 0 saturated heterocycles. The molecule has 0 bridgehead atoms. The van der Waals surface area contributed by atoms with Gasteiger partial charge in [-0.2, -0.15) is 0 Å². The van der Waals surface area contributed by atoms with Crippen molar-refractivity contribution in [3.8, 4) is 36.2 Å². The molecular formula is C27H37NO5. The lowest BCUT2D eigenvalue weighted by Gasteiger charge is -2.20. The number of rotatable bonds is 15. The minimum atomic E-state index is -0.546. The van der Waals surface area contributed by atoms with E-state index in [0.717, 1.165) is 37.5 Å². The van der Waals surface area contributed by atoms with E-state index in [2.05, 4.69) is 17.2 Å². The van der Waals surface area contributed by atoms with Crippen molar-refractivity contribution in [2.24, 2.45) is 0 Å². The lowest BCUT2D eigenvalue weighted by molar-refractivity contribution is 0.0527. The molecule has 1 amide bonds. The van der Waals surface area contributed by atoms with E-state index >= 15 is 0 Å². The van der Waals surface area contributed by atoms with E-state index in [-0.39, 0.29) is 0 Å². The quantitative estimate of drug-likeness (QED) is 0.220. The Balaban J connectivity index is 2.87. The monoisotopic (exact) mass is 455 g/mol. The van der Waals surface area contributed by atoms with E-state index in [1.807, 2.05) is 20.8 Å². The van der Waals surface area contributed by atoms with Crippen LogP contribution in [0.15, 0.2) is 12.1 Å². The second-order valence-electron chi connectivity index (χ2n) is 8.67. The Hall–Kier alpha value is -3.12. The molecule has 0 aliphatic carbocycles. The zero-order valence-corrected chi connectivity index (χ0v) is 20.2. The summed E-state index contributed by atoms with van der Waals surface area (Å²) in [6.45, 7) is 6.89. The first-order valence-corrected chi connectivity index (χ1v) is 11.5. The molecule has 1 rings (SSSR count). The van der Waals surface area contributed by atoms with Crippen molar-refractivity contribution >= 4 is 12.4 Å². The Morgan fingerprint density at radius 1 is 0.970 bits per heavy atom. The zero-order chi connectivity index (χ0) is 24.5. The second-order valence-corrected chi connectivity index (χ2v) is 8.67. The van der Waals surface area contributed by atoms with Crippen LogP contribution in [0.2, 0.25) is 0 Å². The number of carbonyl (C=O) groups is 2. The number of ether oxygens (including phenoxy) is 3. The highest BCUT2D eigenvalue weighted by Crippen LogP contribution is 2.32. The molecule has 33 heavy (non-hydrogen) atoms. The Kier molecular flexibility index (Phi) is 13.2. The molecule has 0 spiro atoms. The Morgan fingerprint density at radius 2 is 1.52 bits per heavy atom. The number of alkyl carbamates (subject to hydrolysis) is 1. The Labute approximate surface area is 198 Å². The third-order valence-corrected chi connectivity index (χ3v) is 4.54. The van der Waals surface area contributed by atoms with E-state index < -0.39 is 11.7 Å². The normalized spacial score (nSPS) is 10.6. The summed E-state index contributed by atoms with van der Waals surface area (Å²) >= 11 is 0. The van der Waals surface area contributed by atoms with Gasteiger partial charge in [0, 0.05) is 30.5 Å². The van der Waals surface area contributed by atoms with Gasteiger partial charge in [-0.1, -0.05) is 0 Å². The molecule has 0 heterocycles. The van der Waals surface area contributed by atoms with Crippen LogP contribution in [0.1, 0.15) is 81.6 Å². The first-order chi connectivity index (χ1) is 15.8. The van der Waals surface area contributed by atoms with Crippen LogP contribution in [0.25, 0.3) is 0 Å². The highest BCUT2D eigenvalue weighted by molar-refractivity contribution is 5.77. The summed E-state index contributed by atoms with van der Waals surface area (Å²) in [5.74, 6) is 6.49. The number of carbonyl (C=O) groups excluding carboxylic acids is 2. The Morgan fingerprint density at radius 3 is 1.97 bits per heavy atom. The van der Waals surface area contributed by atoms with Crippen LogP contribution in [-0.4, -0.2) is 37.7 Å². The van der Waals surface area contributed by atoms with Gasteiger partial charge in [0.1, 0.15) is 23.4 Å². The predicted molar refractivity (Wildman–Crippen MR) is 131 cm³/mol. The zero-order valence-electron chi connectivity index (χ0n) is 20.2. The van der Waals surface area contributed by atoms with Crippen molar-refractivity contribution in [1.29, 1.82) is 0 Å². The van der Waals surface area contributed by atoms with Gasteiger partial charge in [-0.3, -0.25) is 4.79 Å². The average Bonchev–Trinajstić information content (AvgIpc) is 2.75. The highest BCUT2D eigenvalue weighted by atomic mass is 16.6. The number of aldehydes is 1. The maximum absolute atomic E-state index is 11.9. The molecule has 6 nitrogen and oxygen atoms in total. The molecule has 0 saturated carbocycles. The van der Waals surface area contributed by atoms with Gasteiger partial charge in [0.05, 0.1) is 13.2 Å². The lowest BCUT2D eigenvalue weighted by atomic mass is 10.0. The van der Waals surface area contributed by atoms with Crippen molar-refractivity contribution in [1.82, 2.24) is 5.32 Å². The van der Waals surface area contributed by atoms with E-state index in [1.165, 1.54) is 0 Å². The molecule has 1 N–H and O–H groups in total. The summed E-state index contributed by atoms with van der Waals surface area (Å²) in [7, 11) is 0. The van der Waals surface area contributed by atoms with Crippen LogP contribution < -0.4 is 14.8 Å². The number of hydrogen-bond acceptors (Lipinski definition) is 5. The van der Waals surface area contributed by atoms with Gasteiger partial charge in [-0.05, 0) is 71.4 Å². The molecule has 0 radical (unpaired) electrons. The summed E-state index contributed by atoms with van der Waals surface area (Å²) in [5.41, 5.74) is 0.818. The number of benzene rings is 1. The summed E-state index contributed by atoms with van der Waals surface area (Å²) in [6.07, 6.45) is 17.0. The maximum Gasteiger partial charge on any atom is 0.407 e. The molecule has 1 aromatic rings. The SMILES string of the molecule is C#CCCCCOc1cc(C=O)cc(OCCCCC#C)c1CCCNC(=O)OC(C)(C)C. The molecule has 0 atom stereocenters. The number of nitrogens with one attached hydrogen (secondary N) is 1. The molecule has 6 heteroatoms. The summed E-state index contributed by atoms with van der Waals surface area (Å²) in [4.78, 5) is 23.4. The number of amides is 1. The first-order valence-electron chi connectivity index (χ1n) is 11.5. The molecule has 180 valence electrons. The minimum absolute atomic E-state index is 0.438. The van der Waals surface area contributed by atoms with Gasteiger partial charge >= 0.3 is 6.09 Å². The van der Waals surface area contributed by atoms with Gasteiger partial charge < -0.3 is 19.5 Å². The van der Waals surface area contributed by atoms with E-state index in [4.69, 9.17) is 27.1 Å². The first kappa shape index (κ1) is 27.9. The van der Waals surface area contributed by atoms with E-state index in [1.54, 1.807) is 12.1 Å². The molecule has 0 unspecified atom stereocenters. The van der Waals surface area contributed by atoms with Gasteiger partial charge in [0.25, 0.3) is 0 Å². The fourth-order valence-electron chi connectivity index (χ4n) is 3.00. The molecule has 0 aromatic heterocycles. The lowest BCUT2D eigenvalue weighted by Crippen LogP contribution is -2.33. The fraction of sp³-hybridized carbons (Fsp3) is 0.556. The Bertz CT molecular complexity index is 781. The molecule has 0 aliphatic heterocycles. The molecule has 0 aliphatic rings. The highest BCUT2D eigenvalue weighted by Gasteiger charge is 2.17. The van der Waals surface area contributed by atoms with E-state index in [9.17, 15) is 9.59 Å². The molecule has 0 fully saturated rings. The van der Waals surface area contributed by atoms with Gasteiger partial charge in [-0.25, -0.2) is 4.79 Å². The van der Waals surface area contributed by atoms with Crippen LogP contribution in [-0.2, 0) is 11.2 Å². The van der Waals surface area contributed by atoms with Crippen molar-refractivity contribution in [3.63, 3.8) is 0 Å². The second kappa shape index (κ2) is 15.6. The third-order valence-electron chi connectivity index (χ3n) is 4.54. The number of unbranched alkanes of at least 4 members (excludes halogenated alkanes) is 4. The topological polar surface area (TPSA) is 73.9 Å². The average molecular weight is 456 g/mol. The largest absolute Gasteiger partial charge is 0.493 e. The maximum atomic E-state index is 11.9. The van der Waals surface area contributed by atoms with Crippen molar-refractivity contribution < 1.29 is 23.8 Å². The minimum Gasteiger partial charge on any atom is -0.493 e. The van der Waals surface area contributed by atoms with Crippen molar-refractivity contribution in [2.45, 2.75) is 77.7 Å². The van der Waals surface area contributed by atoms with Crippen LogP contribution in [0.5, 0.6) is 11.5 Å². The fourth-order valence-corrected chi connectivity index (χ4v) is 3.00. The summed E-state index contributed by atoms with van der Waals surface area (Å²) in [5, 5.41) is 2.77. The van der Waals surface area contributed by atoms with Crippen LogP contribution >= 0.6 is 0 Å². The summed E-state index contributed by atoms with van der Waals surface area (Å²) in [6, 6.07) is 3.46. The number of terminal acetylenes is 2. The third kappa shape index (κ3) is 12.5. The van der Waals surface area contributed by atoms with Gasteiger partial charge in [0.15, 0.2) is 0 Å². The van der Waals surface area contributed by atoms with Crippen molar-refractivity contribution in [2.75, 3.05) is 19.8 Å². The van der Waals surface area contributed by atoms with Crippen LogP contribution in [0.4, 0.5) is 4.79 Å². The van der Waals surface area contributed by atoms with Gasteiger partial charge in [-0.15, -0.1) is 24.7 Å². The van der Waals surface area contributed by atoms with Crippen LogP contribution in [0.3, 0.4) is 0 Å². The van der Waals surface area contributed by atoms with Crippen LogP contribution in [0, 0.1) is 24.7 Å². The number of hydrogen-bond donors (Lipinski definition) is 1. The predicted octanol–water partition coefficient (Wildman–Crippen LogP) is 5.32. The smallest absolute Gasteiger partial charge is 0.407 e. The molecular weight excluding hydrogens is 418 g/mol. The van der Waals surface area contributed by atoms with Gasteiger partial charge in [0.2, 0.25) is 0 Å². The standard InChI is InChI=1S/C27H37NO5/c1-6-8-10-12-17-31-24-19-22(21-29)20-25(32-18-13-11-9-7-2)23(24)15-14-16-28-26(30)33-27(3,4)5/h1-2,19-21H,8-18H2,3-5H3,(H,28,30). The van der Waals surface area contributed by atoms with E-state index in [0.29, 0.717) is 62.5 Å². The summed E-state index contributed by atoms with van der Waals surface area (Å²) < 4.78 is 17.3.